The highest BCUT2D eigenvalue weighted by molar-refractivity contribution is 5.96. The highest BCUT2D eigenvalue weighted by Gasteiger charge is 2.32. The smallest absolute Gasteiger partial charge is 0.162 e. The van der Waals surface area contributed by atoms with Crippen LogP contribution in [0.25, 0.3) is 27.7 Å². The summed E-state index contributed by atoms with van der Waals surface area (Å²) in [5, 5.41) is 4.30. The molecule has 0 saturated carbocycles. The monoisotopic (exact) mass is 367 g/mol. The number of hydrogen-bond acceptors (Lipinski definition) is 3. The molecule has 0 amide bonds. The van der Waals surface area contributed by atoms with Crippen molar-refractivity contribution in [2.45, 2.75) is 6.42 Å². The number of pyridine rings is 1. The number of methoxy groups -OCH3 is 1. The van der Waals surface area contributed by atoms with E-state index in [1.54, 1.807) is 12.3 Å². The van der Waals surface area contributed by atoms with E-state index in [4.69, 9.17) is 4.74 Å². The van der Waals surface area contributed by atoms with E-state index in [-0.39, 0.29) is 0 Å². The number of rotatable bonds is 3. The molecule has 0 bridgehead atoms. The lowest BCUT2D eigenvalue weighted by atomic mass is 9.99. The summed E-state index contributed by atoms with van der Waals surface area (Å²) < 4.78 is 32.8. The van der Waals surface area contributed by atoms with Crippen LogP contribution in [0.4, 0.5) is 8.78 Å². The Bertz CT molecular complexity index is 1070. The summed E-state index contributed by atoms with van der Waals surface area (Å²) in [6.45, 7) is 2.09. The predicted octanol–water partition coefficient (Wildman–Crippen LogP) is 4.14. The topological polar surface area (TPSA) is 49.9 Å². The van der Waals surface area contributed by atoms with Crippen LogP contribution in [-0.2, 0) is 0 Å². The van der Waals surface area contributed by atoms with Crippen molar-refractivity contribution in [2.75, 3.05) is 20.2 Å². The van der Waals surface area contributed by atoms with Gasteiger partial charge >= 0.3 is 0 Å². The van der Waals surface area contributed by atoms with Gasteiger partial charge in [-0.3, -0.25) is 0 Å². The molecule has 1 aliphatic carbocycles. The minimum absolute atomic E-state index is 0.296. The molecule has 3 aromatic rings. The van der Waals surface area contributed by atoms with E-state index in [9.17, 15) is 8.78 Å². The Labute approximate surface area is 155 Å². The number of aromatic nitrogens is 2. The summed E-state index contributed by atoms with van der Waals surface area (Å²) >= 11 is 0. The number of benzene rings is 1. The van der Waals surface area contributed by atoms with Crippen LogP contribution in [-0.4, -0.2) is 30.2 Å². The van der Waals surface area contributed by atoms with Crippen LogP contribution in [0.5, 0.6) is 5.75 Å². The van der Waals surface area contributed by atoms with Crippen LogP contribution in [0.2, 0.25) is 0 Å². The van der Waals surface area contributed by atoms with Crippen molar-refractivity contribution in [1.82, 2.24) is 15.3 Å². The molecular weight excluding hydrogens is 348 g/mol. The third-order valence-corrected chi connectivity index (χ3v) is 5.70. The fourth-order valence-corrected chi connectivity index (χ4v) is 4.32. The second-order valence-corrected chi connectivity index (χ2v) is 7.25. The summed E-state index contributed by atoms with van der Waals surface area (Å²) in [7, 11) is 1.45. The zero-order valence-corrected chi connectivity index (χ0v) is 14.9. The molecule has 0 spiro atoms. The standard InChI is InChI=1S/C21H19F2N3O/c1-27-20-8-18(23)17(22)6-15(20)14-2-3-25-21-16(14)7-19(26-21)11-4-12-9-24-10-13(12)5-11/h2-4,6-8,12-13,24H,5,9-10H2,1H3,(H,25,26). The van der Waals surface area contributed by atoms with E-state index in [1.807, 2.05) is 0 Å². The molecule has 5 rings (SSSR count). The maximum atomic E-state index is 13.9. The average Bonchev–Trinajstić information content (AvgIpc) is 3.36. The number of hydrogen-bond donors (Lipinski definition) is 2. The minimum Gasteiger partial charge on any atom is -0.496 e. The molecule has 1 fully saturated rings. The van der Waals surface area contributed by atoms with Crippen molar-refractivity contribution in [3.63, 3.8) is 0 Å². The second-order valence-electron chi connectivity index (χ2n) is 7.25. The molecule has 27 heavy (non-hydrogen) atoms. The van der Waals surface area contributed by atoms with Crippen LogP contribution >= 0.6 is 0 Å². The van der Waals surface area contributed by atoms with E-state index >= 15 is 0 Å². The van der Waals surface area contributed by atoms with Gasteiger partial charge in [0, 0.05) is 35.5 Å². The number of nitrogens with one attached hydrogen (secondary N) is 2. The summed E-state index contributed by atoms with van der Waals surface area (Å²) in [6.07, 6.45) is 5.04. The number of nitrogens with zero attached hydrogens (tertiary/aromatic N) is 1. The molecular formula is C21H19F2N3O. The Kier molecular flexibility index (Phi) is 3.75. The Hall–Kier alpha value is -2.73. The summed E-state index contributed by atoms with van der Waals surface area (Å²) in [4.78, 5) is 7.82. The second kappa shape index (κ2) is 6.16. The molecule has 3 heterocycles. The van der Waals surface area contributed by atoms with Gasteiger partial charge in [-0.15, -0.1) is 0 Å². The van der Waals surface area contributed by atoms with Gasteiger partial charge in [0.15, 0.2) is 11.6 Å². The van der Waals surface area contributed by atoms with Crippen molar-refractivity contribution in [3.8, 4) is 16.9 Å². The van der Waals surface area contributed by atoms with Crippen LogP contribution < -0.4 is 10.1 Å². The zero-order valence-electron chi connectivity index (χ0n) is 14.9. The van der Waals surface area contributed by atoms with E-state index in [0.29, 0.717) is 23.1 Å². The third-order valence-electron chi connectivity index (χ3n) is 5.70. The average molecular weight is 367 g/mol. The van der Waals surface area contributed by atoms with Gasteiger partial charge in [-0.05, 0) is 54.1 Å². The maximum Gasteiger partial charge on any atom is 0.162 e. The molecule has 1 aliphatic heterocycles. The lowest BCUT2D eigenvalue weighted by Crippen LogP contribution is -2.09. The summed E-state index contributed by atoms with van der Waals surface area (Å²) in [5.74, 6) is -0.280. The zero-order chi connectivity index (χ0) is 18.5. The highest BCUT2D eigenvalue weighted by atomic mass is 19.2. The molecule has 2 atom stereocenters. The van der Waals surface area contributed by atoms with Gasteiger partial charge in [-0.25, -0.2) is 13.8 Å². The van der Waals surface area contributed by atoms with Crippen LogP contribution in [0.3, 0.4) is 0 Å². The third kappa shape index (κ3) is 2.63. The number of H-pyrrole nitrogens is 1. The van der Waals surface area contributed by atoms with Crippen LogP contribution in [0.1, 0.15) is 12.1 Å². The molecule has 2 unspecified atom stereocenters. The molecule has 6 heteroatoms. The first kappa shape index (κ1) is 16.4. The fourth-order valence-electron chi connectivity index (χ4n) is 4.32. The quantitative estimate of drug-likeness (QED) is 0.732. The molecule has 138 valence electrons. The highest BCUT2D eigenvalue weighted by Crippen LogP contribution is 2.41. The van der Waals surface area contributed by atoms with Gasteiger partial charge in [-0.2, -0.15) is 0 Å². The van der Waals surface area contributed by atoms with E-state index in [1.165, 1.54) is 18.7 Å². The summed E-state index contributed by atoms with van der Waals surface area (Å²) in [5.41, 5.74) is 4.34. The molecule has 4 nitrogen and oxygen atoms in total. The number of fused-ring (bicyclic) bond motifs is 2. The first-order valence-electron chi connectivity index (χ1n) is 9.07. The van der Waals surface area contributed by atoms with Gasteiger partial charge in [0.1, 0.15) is 11.4 Å². The van der Waals surface area contributed by atoms with E-state index in [0.717, 1.165) is 47.9 Å². The molecule has 2 N–H and O–H groups in total. The van der Waals surface area contributed by atoms with Gasteiger partial charge < -0.3 is 15.0 Å². The fraction of sp³-hybridized carbons (Fsp3) is 0.286. The Morgan fingerprint density at radius 1 is 1.11 bits per heavy atom. The van der Waals surface area contributed by atoms with Crippen molar-refractivity contribution in [3.05, 3.63) is 53.9 Å². The van der Waals surface area contributed by atoms with Gasteiger partial charge in [0.25, 0.3) is 0 Å². The maximum absolute atomic E-state index is 13.9. The Balaban J connectivity index is 1.63. The number of ether oxygens (including phenoxy) is 1. The number of halogens is 2. The largest absolute Gasteiger partial charge is 0.496 e. The first-order chi connectivity index (χ1) is 13.1. The normalized spacial score (nSPS) is 21.5. The first-order valence-corrected chi connectivity index (χ1v) is 9.07. The predicted molar refractivity (Wildman–Crippen MR) is 100 cm³/mol. The SMILES string of the molecule is COc1cc(F)c(F)cc1-c1ccnc2[nH]c(C3=CC4CNCC4C3)cc12. The Morgan fingerprint density at radius 3 is 2.78 bits per heavy atom. The van der Waals surface area contributed by atoms with Gasteiger partial charge in [-0.1, -0.05) is 6.08 Å². The number of allylic oxidation sites excluding steroid dienone is 1. The molecule has 2 aromatic heterocycles. The van der Waals surface area contributed by atoms with Crippen molar-refractivity contribution in [1.29, 1.82) is 0 Å². The van der Waals surface area contributed by atoms with Crippen molar-refractivity contribution >= 4 is 16.6 Å². The minimum atomic E-state index is -0.924. The lowest BCUT2D eigenvalue weighted by molar-refractivity contribution is 0.408. The lowest BCUT2D eigenvalue weighted by Gasteiger charge is -2.10. The Morgan fingerprint density at radius 2 is 1.96 bits per heavy atom. The molecule has 1 saturated heterocycles. The molecule has 0 radical (unpaired) electrons. The van der Waals surface area contributed by atoms with E-state index < -0.39 is 11.6 Å². The van der Waals surface area contributed by atoms with E-state index in [2.05, 4.69) is 27.4 Å². The van der Waals surface area contributed by atoms with Crippen molar-refractivity contribution in [2.24, 2.45) is 11.8 Å². The van der Waals surface area contributed by atoms with Crippen LogP contribution in [0.15, 0.2) is 36.5 Å². The number of aromatic amines is 1. The molecule has 1 aromatic carbocycles. The molecule has 2 aliphatic rings. The van der Waals surface area contributed by atoms with Crippen LogP contribution in [0, 0.1) is 23.5 Å². The summed E-state index contributed by atoms with van der Waals surface area (Å²) in [6, 6.07) is 6.12. The van der Waals surface area contributed by atoms with Gasteiger partial charge in [0.2, 0.25) is 0 Å². The van der Waals surface area contributed by atoms with Gasteiger partial charge in [0.05, 0.1) is 7.11 Å². The van der Waals surface area contributed by atoms with Crippen molar-refractivity contribution < 1.29 is 13.5 Å².